The lowest BCUT2D eigenvalue weighted by molar-refractivity contribution is 0.0697. The zero-order chi connectivity index (χ0) is 14.4. The van der Waals surface area contributed by atoms with E-state index in [1.165, 1.54) is 12.1 Å². The highest BCUT2D eigenvalue weighted by molar-refractivity contribution is 5.87. The van der Waals surface area contributed by atoms with Gasteiger partial charge in [0.2, 0.25) is 0 Å². The van der Waals surface area contributed by atoms with Gasteiger partial charge in [-0.25, -0.2) is 4.79 Å². The molecule has 0 saturated heterocycles. The summed E-state index contributed by atoms with van der Waals surface area (Å²) in [5.74, 6) is 0.487. The third-order valence-corrected chi connectivity index (χ3v) is 2.62. The summed E-state index contributed by atoms with van der Waals surface area (Å²) in [6.45, 7) is 3.61. The second kappa shape index (κ2) is 6.72. The van der Waals surface area contributed by atoms with Gasteiger partial charge in [-0.05, 0) is 31.2 Å². The van der Waals surface area contributed by atoms with Gasteiger partial charge in [-0.1, -0.05) is 5.16 Å². The molecule has 0 radical (unpaired) electrons. The SMILES string of the molecule is Cc1cc(CNCCOc2ccc(C(=O)O)cc2)on1. The smallest absolute Gasteiger partial charge is 0.335 e. The number of nitrogens with one attached hydrogen (secondary N) is 1. The van der Waals surface area contributed by atoms with Crippen molar-refractivity contribution in [3.05, 3.63) is 47.3 Å². The molecule has 6 nitrogen and oxygen atoms in total. The monoisotopic (exact) mass is 276 g/mol. The molecule has 6 heteroatoms. The highest BCUT2D eigenvalue weighted by Gasteiger charge is 2.02. The number of rotatable bonds is 7. The van der Waals surface area contributed by atoms with E-state index in [0.29, 0.717) is 25.4 Å². The first-order chi connectivity index (χ1) is 9.65. The lowest BCUT2D eigenvalue weighted by Gasteiger charge is -2.06. The number of benzene rings is 1. The van der Waals surface area contributed by atoms with E-state index in [1.54, 1.807) is 12.1 Å². The van der Waals surface area contributed by atoms with Crippen LogP contribution in [0, 0.1) is 6.92 Å². The van der Waals surface area contributed by atoms with Crippen molar-refractivity contribution < 1.29 is 19.2 Å². The average Bonchev–Trinajstić information content (AvgIpc) is 2.84. The van der Waals surface area contributed by atoms with E-state index in [1.807, 2.05) is 13.0 Å². The van der Waals surface area contributed by atoms with Gasteiger partial charge in [-0.15, -0.1) is 0 Å². The Bertz CT molecular complexity index is 563. The van der Waals surface area contributed by atoms with E-state index in [4.69, 9.17) is 14.4 Å². The Morgan fingerprint density at radius 3 is 2.75 bits per heavy atom. The van der Waals surface area contributed by atoms with Crippen LogP contribution in [0.1, 0.15) is 21.8 Å². The van der Waals surface area contributed by atoms with Gasteiger partial charge < -0.3 is 19.7 Å². The molecule has 0 spiro atoms. The number of carboxylic acid groups (broad SMARTS) is 1. The number of hydrogen-bond donors (Lipinski definition) is 2. The maximum atomic E-state index is 10.7. The molecule has 0 aliphatic carbocycles. The van der Waals surface area contributed by atoms with E-state index in [9.17, 15) is 4.79 Å². The number of carbonyl (C=O) groups is 1. The molecule has 2 rings (SSSR count). The van der Waals surface area contributed by atoms with Gasteiger partial charge in [-0.2, -0.15) is 0 Å². The molecular weight excluding hydrogens is 260 g/mol. The summed E-state index contributed by atoms with van der Waals surface area (Å²) in [5.41, 5.74) is 1.10. The zero-order valence-corrected chi connectivity index (χ0v) is 11.1. The third-order valence-electron chi connectivity index (χ3n) is 2.62. The van der Waals surface area contributed by atoms with E-state index in [-0.39, 0.29) is 5.56 Å². The van der Waals surface area contributed by atoms with Gasteiger partial charge in [0.25, 0.3) is 0 Å². The van der Waals surface area contributed by atoms with Gasteiger partial charge in [-0.3, -0.25) is 0 Å². The minimum atomic E-state index is -0.944. The molecule has 1 aromatic heterocycles. The van der Waals surface area contributed by atoms with Gasteiger partial charge in [0.15, 0.2) is 5.76 Å². The molecule has 2 aromatic rings. The standard InChI is InChI=1S/C14H16N2O4/c1-10-8-13(20-16-10)9-15-6-7-19-12-4-2-11(3-5-12)14(17)18/h2-5,8,15H,6-7,9H2,1H3,(H,17,18). The summed E-state index contributed by atoms with van der Waals surface area (Å²) in [4.78, 5) is 10.7. The minimum Gasteiger partial charge on any atom is -0.492 e. The summed E-state index contributed by atoms with van der Waals surface area (Å²) >= 11 is 0. The predicted molar refractivity (Wildman–Crippen MR) is 71.8 cm³/mol. The van der Waals surface area contributed by atoms with E-state index in [2.05, 4.69) is 10.5 Å². The van der Waals surface area contributed by atoms with Gasteiger partial charge in [0.05, 0.1) is 17.8 Å². The van der Waals surface area contributed by atoms with E-state index < -0.39 is 5.97 Å². The van der Waals surface area contributed by atoms with Crippen molar-refractivity contribution in [3.8, 4) is 5.75 Å². The molecule has 1 aromatic carbocycles. The molecule has 0 atom stereocenters. The maximum absolute atomic E-state index is 10.7. The molecule has 0 amide bonds. The first-order valence-electron chi connectivity index (χ1n) is 6.24. The van der Waals surface area contributed by atoms with Gasteiger partial charge in [0, 0.05) is 12.6 Å². The molecular formula is C14H16N2O4. The Morgan fingerprint density at radius 1 is 1.40 bits per heavy atom. The number of ether oxygens (including phenoxy) is 1. The molecule has 106 valence electrons. The van der Waals surface area contributed by atoms with Crippen molar-refractivity contribution in [2.75, 3.05) is 13.2 Å². The Kier molecular flexibility index (Phi) is 4.73. The van der Waals surface area contributed by atoms with Crippen LogP contribution in [0.3, 0.4) is 0 Å². The first-order valence-corrected chi connectivity index (χ1v) is 6.24. The minimum absolute atomic E-state index is 0.246. The molecule has 0 saturated carbocycles. The van der Waals surface area contributed by atoms with Crippen LogP contribution in [-0.4, -0.2) is 29.4 Å². The van der Waals surface area contributed by atoms with Gasteiger partial charge >= 0.3 is 5.97 Å². The Balaban J connectivity index is 1.66. The van der Waals surface area contributed by atoms with Crippen LogP contribution in [0.5, 0.6) is 5.75 Å². The van der Waals surface area contributed by atoms with Crippen molar-refractivity contribution in [3.63, 3.8) is 0 Å². The Labute approximate surface area is 116 Å². The van der Waals surface area contributed by atoms with Crippen LogP contribution in [0.25, 0.3) is 0 Å². The summed E-state index contributed by atoms with van der Waals surface area (Å²) in [6, 6.07) is 8.19. The van der Waals surface area contributed by atoms with Crippen molar-refractivity contribution in [1.29, 1.82) is 0 Å². The summed E-state index contributed by atoms with van der Waals surface area (Å²) in [5, 5.41) is 15.7. The molecule has 0 aliphatic rings. The quantitative estimate of drug-likeness (QED) is 0.751. The number of aromatic carboxylic acids is 1. The molecule has 2 N–H and O–H groups in total. The van der Waals surface area contributed by atoms with Crippen LogP contribution in [0.2, 0.25) is 0 Å². The number of aromatic nitrogens is 1. The number of carboxylic acids is 1. The molecule has 0 bridgehead atoms. The molecule has 0 unspecified atom stereocenters. The topological polar surface area (TPSA) is 84.6 Å². The zero-order valence-electron chi connectivity index (χ0n) is 11.1. The average molecular weight is 276 g/mol. The van der Waals surface area contributed by atoms with Crippen molar-refractivity contribution in [2.24, 2.45) is 0 Å². The fourth-order valence-corrected chi connectivity index (χ4v) is 1.65. The van der Waals surface area contributed by atoms with Crippen molar-refractivity contribution in [2.45, 2.75) is 13.5 Å². The van der Waals surface area contributed by atoms with Crippen LogP contribution < -0.4 is 10.1 Å². The first kappa shape index (κ1) is 14.1. The molecule has 1 heterocycles. The number of nitrogens with zero attached hydrogens (tertiary/aromatic N) is 1. The third kappa shape index (κ3) is 4.10. The summed E-state index contributed by atoms with van der Waals surface area (Å²) < 4.78 is 10.5. The van der Waals surface area contributed by atoms with Crippen LogP contribution in [0.4, 0.5) is 0 Å². The summed E-state index contributed by atoms with van der Waals surface area (Å²) in [7, 11) is 0. The molecule has 0 aliphatic heterocycles. The fourth-order valence-electron chi connectivity index (χ4n) is 1.65. The highest BCUT2D eigenvalue weighted by atomic mass is 16.5. The van der Waals surface area contributed by atoms with Crippen LogP contribution >= 0.6 is 0 Å². The Morgan fingerprint density at radius 2 is 2.15 bits per heavy atom. The van der Waals surface area contributed by atoms with Crippen LogP contribution in [0.15, 0.2) is 34.9 Å². The number of aryl methyl sites for hydroxylation is 1. The van der Waals surface area contributed by atoms with E-state index >= 15 is 0 Å². The van der Waals surface area contributed by atoms with Gasteiger partial charge in [0.1, 0.15) is 12.4 Å². The molecule has 20 heavy (non-hydrogen) atoms. The molecule has 0 fully saturated rings. The second-order valence-electron chi connectivity index (χ2n) is 4.29. The lowest BCUT2D eigenvalue weighted by atomic mass is 10.2. The highest BCUT2D eigenvalue weighted by Crippen LogP contribution is 2.11. The Hall–Kier alpha value is -2.34. The van der Waals surface area contributed by atoms with Crippen LogP contribution in [-0.2, 0) is 6.54 Å². The number of hydrogen-bond acceptors (Lipinski definition) is 5. The predicted octanol–water partition coefficient (Wildman–Crippen LogP) is 1.85. The van der Waals surface area contributed by atoms with Crippen molar-refractivity contribution in [1.82, 2.24) is 10.5 Å². The fraction of sp³-hybridized carbons (Fsp3) is 0.286. The largest absolute Gasteiger partial charge is 0.492 e. The normalized spacial score (nSPS) is 10.4. The maximum Gasteiger partial charge on any atom is 0.335 e. The summed E-state index contributed by atoms with van der Waals surface area (Å²) in [6.07, 6.45) is 0. The second-order valence-corrected chi connectivity index (χ2v) is 4.29. The van der Waals surface area contributed by atoms with E-state index in [0.717, 1.165) is 11.5 Å². The van der Waals surface area contributed by atoms with Crippen molar-refractivity contribution >= 4 is 5.97 Å². The lowest BCUT2D eigenvalue weighted by Crippen LogP contribution is -2.20.